The summed E-state index contributed by atoms with van der Waals surface area (Å²) in [7, 11) is -2.04. The molecule has 2 aliphatic heterocycles. The van der Waals surface area contributed by atoms with E-state index in [9.17, 15) is 14.4 Å². The molecular weight excluding hydrogens is 452 g/mol. The van der Waals surface area contributed by atoms with Crippen LogP contribution in [0.3, 0.4) is 0 Å². The molecule has 0 saturated carbocycles. The van der Waals surface area contributed by atoms with Gasteiger partial charge in [0.05, 0.1) is 6.10 Å². The predicted molar refractivity (Wildman–Crippen MR) is 134 cm³/mol. The van der Waals surface area contributed by atoms with Gasteiger partial charge in [-0.15, -0.1) is 0 Å². The second kappa shape index (κ2) is 9.80. The van der Waals surface area contributed by atoms with Crippen LogP contribution in [0.1, 0.15) is 81.6 Å². The normalized spacial score (nSPS) is 24.9. The lowest BCUT2D eigenvalue weighted by atomic mass is 9.87. The Hall–Kier alpha value is -1.61. The summed E-state index contributed by atoms with van der Waals surface area (Å²) in [4.78, 5) is 41.4. The number of carbonyl (C=O) groups is 3. The quantitative estimate of drug-likeness (QED) is 0.474. The van der Waals surface area contributed by atoms with E-state index < -0.39 is 25.6 Å². The zero-order chi connectivity index (χ0) is 26.3. The van der Waals surface area contributed by atoms with Crippen molar-refractivity contribution in [1.82, 2.24) is 9.80 Å². The lowest BCUT2D eigenvalue weighted by Crippen LogP contribution is -2.50. The van der Waals surface area contributed by atoms with Crippen LogP contribution in [0.5, 0.6) is 0 Å². The third kappa shape index (κ3) is 7.44. The number of piperidine rings is 1. The second-order valence-corrected chi connectivity index (χ2v) is 18.0. The van der Waals surface area contributed by atoms with Gasteiger partial charge >= 0.3 is 12.2 Å². The molecule has 3 atom stereocenters. The molecule has 0 aliphatic carbocycles. The zero-order valence-electron chi connectivity index (χ0n) is 23.1. The molecule has 3 amide bonds. The van der Waals surface area contributed by atoms with Crippen LogP contribution in [-0.4, -0.2) is 72.6 Å². The highest BCUT2D eigenvalue weighted by atomic mass is 28.4. The summed E-state index contributed by atoms with van der Waals surface area (Å²) in [5, 5.41) is 0.0521. The Morgan fingerprint density at radius 1 is 0.912 bits per heavy atom. The van der Waals surface area contributed by atoms with Crippen LogP contribution in [0.4, 0.5) is 9.59 Å². The number of rotatable bonds is 3. The molecule has 9 heteroatoms. The van der Waals surface area contributed by atoms with Crippen molar-refractivity contribution < 1.29 is 28.3 Å². The van der Waals surface area contributed by atoms with E-state index in [1.165, 1.54) is 4.90 Å². The first kappa shape index (κ1) is 28.6. The van der Waals surface area contributed by atoms with Gasteiger partial charge in [-0.3, -0.25) is 4.79 Å². The van der Waals surface area contributed by atoms with Crippen LogP contribution in [0, 0.1) is 5.92 Å². The van der Waals surface area contributed by atoms with Crippen LogP contribution in [-0.2, 0) is 18.7 Å². The topological polar surface area (TPSA) is 85.4 Å². The Labute approximate surface area is 206 Å². The summed E-state index contributed by atoms with van der Waals surface area (Å²) < 4.78 is 17.8. The number of hydrogen-bond donors (Lipinski definition) is 0. The highest BCUT2D eigenvalue weighted by Crippen LogP contribution is 2.41. The van der Waals surface area contributed by atoms with Gasteiger partial charge in [0.25, 0.3) is 0 Å². The van der Waals surface area contributed by atoms with E-state index in [-0.39, 0.29) is 48.1 Å². The van der Waals surface area contributed by atoms with E-state index >= 15 is 0 Å². The molecule has 8 nitrogen and oxygen atoms in total. The summed E-state index contributed by atoms with van der Waals surface area (Å²) in [6.07, 6.45) is 0.386. The third-order valence-electron chi connectivity index (χ3n) is 6.82. The molecular formula is C25H46N2O6Si. The van der Waals surface area contributed by atoms with Crippen molar-refractivity contribution in [2.45, 2.75) is 123 Å². The van der Waals surface area contributed by atoms with Gasteiger partial charge in [0.1, 0.15) is 11.2 Å². The van der Waals surface area contributed by atoms with Gasteiger partial charge < -0.3 is 18.8 Å². The smallest absolute Gasteiger partial charge is 0.417 e. The van der Waals surface area contributed by atoms with Crippen LogP contribution in [0.2, 0.25) is 18.1 Å². The minimum absolute atomic E-state index is 0.0521. The highest BCUT2D eigenvalue weighted by Gasteiger charge is 2.48. The standard InChI is InChI=1S/C25H46N2O6Si/c1-23(2,3)31-21(29)26-13-12-17(14-20(26)28)19-15-18(33-34(10,11)25(7,8)9)16-27(19)22(30)32-24(4,5)6/h17-19H,12-16H2,1-11H3/t17?,18-,19+/m1/s1. The molecule has 196 valence electrons. The van der Waals surface area contributed by atoms with Gasteiger partial charge in [0, 0.05) is 25.6 Å². The molecule has 2 rings (SSSR count). The highest BCUT2D eigenvalue weighted by molar-refractivity contribution is 6.74. The molecule has 0 aromatic heterocycles. The van der Waals surface area contributed by atoms with Crippen molar-refractivity contribution in [2.75, 3.05) is 13.1 Å². The third-order valence-corrected chi connectivity index (χ3v) is 11.4. The number of nitrogens with zero attached hydrogens (tertiary/aromatic N) is 2. The van der Waals surface area contributed by atoms with E-state index in [4.69, 9.17) is 13.9 Å². The summed E-state index contributed by atoms with van der Waals surface area (Å²) in [6, 6.07) is -0.172. The number of carbonyl (C=O) groups excluding carboxylic acids is 3. The van der Waals surface area contributed by atoms with Crippen LogP contribution >= 0.6 is 0 Å². The maximum absolute atomic E-state index is 13.1. The monoisotopic (exact) mass is 498 g/mol. The Kier molecular flexibility index (Phi) is 8.25. The first-order chi connectivity index (χ1) is 15.2. The Morgan fingerprint density at radius 2 is 1.44 bits per heavy atom. The van der Waals surface area contributed by atoms with E-state index in [1.807, 2.05) is 20.8 Å². The van der Waals surface area contributed by atoms with E-state index in [0.29, 0.717) is 19.4 Å². The molecule has 1 unspecified atom stereocenters. The molecule has 34 heavy (non-hydrogen) atoms. The number of hydrogen-bond acceptors (Lipinski definition) is 6. The van der Waals surface area contributed by atoms with Crippen molar-refractivity contribution in [3.8, 4) is 0 Å². The Bertz CT molecular complexity index is 778. The van der Waals surface area contributed by atoms with Crippen LogP contribution in [0.25, 0.3) is 0 Å². The average Bonchev–Trinajstić information content (AvgIpc) is 3.00. The molecule has 2 aliphatic rings. The van der Waals surface area contributed by atoms with Crippen LogP contribution in [0.15, 0.2) is 0 Å². The summed E-state index contributed by atoms with van der Waals surface area (Å²) in [5.41, 5.74) is -1.28. The minimum atomic E-state index is -2.04. The fourth-order valence-electron chi connectivity index (χ4n) is 4.18. The minimum Gasteiger partial charge on any atom is -0.444 e. The van der Waals surface area contributed by atoms with Gasteiger partial charge in [0.15, 0.2) is 8.32 Å². The summed E-state index contributed by atoms with van der Waals surface area (Å²) >= 11 is 0. The van der Waals surface area contributed by atoms with Crippen molar-refractivity contribution in [1.29, 1.82) is 0 Å². The van der Waals surface area contributed by atoms with Gasteiger partial charge in [-0.05, 0) is 78.4 Å². The maximum atomic E-state index is 13.1. The molecule has 2 saturated heterocycles. The predicted octanol–water partition coefficient (Wildman–Crippen LogP) is 5.56. The average molecular weight is 499 g/mol. The van der Waals surface area contributed by atoms with Gasteiger partial charge in [-0.25, -0.2) is 14.5 Å². The molecule has 2 heterocycles. The van der Waals surface area contributed by atoms with Gasteiger partial charge in [-0.2, -0.15) is 0 Å². The number of likely N-dealkylation sites (tertiary alicyclic amines) is 2. The number of amides is 3. The first-order valence-corrected chi connectivity index (χ1v) is 15.3. The second-order valence-electron chi connectivity index (χ2n) is 13.2. The lowest BCUT2D eigenvalue weighted by Gasteiger charge is -2.38. The molecule has 2 fully saturated rings. The van der Waals surface area contributed by atoms with Crippen LogP contribution < -0.4 is 0 Å². The van der Waals surface area contributed by atoms with E-state index in [2.05, 4.69) is 33.9 Å². The Morgan fingerprint density at radius 3 is 1.91 bits per heavy atom. The van der Waals surface area contributed by atoms with Crippen molar-refractivity contribution >= 4 is 26.4 Å². The molecule has 0 bridgehead atoms. The van der Waals surface area contributed by atoms with E-state index in [0.717, 1.165) is 0 Å². The van der Waals surface area contributed by atoms with Gasteiger partial charge in [0.2, 0.25) is 5.91 Å². The molecule has 0 spiro atoms. The molecule has 0 aromatic carbocycles. The zero-order valence-corrected chi connectivity index (χ0v) is 24.1. The summed E-state index contributed by atoms with van der Waals surface area (Å²) in [5.74, 6) is -0.324. The molecule has 0 radical (unpaired) electrons. The molecule has 0 aromatic rings. The fourth-order valence-corrected chi connectivity index (χ4v) is 5.53. The van der Waals surface area contributed by atoms with Gasteiger partial charge in [-0.1, -0.05) is 20.8 Å². The number of ether oxygens (including phenoxy) is 2. The van der Waals surface area contributed by atoms with Crippen molar-refractivity contribution in [2.24, 2.45) is 5.92 Å². The summed E-state index contributed by atoms with van der Waals surface area (Å²) in [6.45, 7) is 22.6. The van der Waals surface area contributed by atoms with Crippen molar-refractivity contribution in [3.05, 3.63) is 0 Å². The van der Waals surface area contributed by atoms with Crippen molar-refractivity contribution in [3.63, 3.8) is 0 Å². The fraction of sp³-hybridized carbons (Fsp3) is 0.880. The first-order valence-electron chi connectivity index (χ1n) is 12.4. The van der Waals surface area contributed by atoms with E-state index in [1.54, 1.807) is 25.7 Å². The SMILES string of the molecule is CC(C)(C)OC(=O)N1CCC([C@@H]2C[C@@H](O[Si](C)(C)C(C)(C)C)CN2C(=O)OC(C)(C)C)CC1=O. The maximum Gasteiger partial charge on any atom is 0.417 e. The largest absolute Gasteiger partial charge is 0.444 e. The molecule has 0 N–H and O–H groups in total. The lowest BCUT2D eigenvalue weighted by molar-refractivity contribution is -0.134. The Balaban J connectivity index is 2.18. The number of imide groups is 1.